The molecular weight excluding hydrogens is 647 g/mol. The quantitative estimate of drug-likeness (QED) is 0.219. The van der Waals surface area contributed by atoms with Crippen molar-refractivity contribution in [1.29, 1.82) is 0 Å². The number of benzene rings is 1. The number of piperidine rings is 1. The standard InChI is InChI=1S/C27H40F2N2O8S4/c1-26(2,40-16-14-30(15-17-40)41(3,33)34)25(32)21-11-12-23(20-8-5-4-6-9-20)24(18-21)22-10-7-13-31(19-22)42(35,36)27(28,29)43(37,38)39/h11-12,18,20,22H,4-10,13-17,19H2,1-3H3. The van der Waals surface area contributed by atoms with E-state index in [1.807, 2.05) is 19.9 Å². The molecule has 1 saturated carbocycles. The first-order chi connectivity index (χ1) is 19.8. The van der Waals surface area contributed by atoms with E-state index in [1.54, 1.807) is 12.1 Å². The maximum atomic E-state index is 14.3. The summed E-state index contributed by atoms with van der Waals surface area (Å²) in [6.07, 6.45) is 6.67. The lowest BCUT2D eigenvalue weighted by molar-refractivity contribution is 0.0956. The number of hydrogen-bond donors (Lipinski definition) is 0. The van der Waals surface area contributed by atoms with Crippen molar-refractivity contribution in [1.82, 2.24) is 8.61 Å². The van der Waals surface area contributed by atoms with Gasteiger partial charge in [-0.05, 0) is 68.6 Å². The molecule has 0 radical (unpaired) electrons. The molecule has 3 aliphatic rings. The number of rotatable bonds is 9. The lowest BCUT2D eigenvalue weighted by atomic mass is 9.77. The molecule has 2 aliphatic heterocycles. The molecule has 0 spiro atoms. The fraction of sp³-hybridized carbons (Fsp3) is 0.741. The summed E-state index contributed by atoms with van der Waals surface area (Å²) >= 11 is 0. The van der Waals surface area contributed by atoms with Crippen LogP contribution in [-0.2, 0) is 41.1 Å². The fourth-order valence-corrected chi connectivity index (χ4v) is 12.5. The Bertz CT molecular complexity index is 1530. The first-order valence-corrected chi connectivity index (χ1v) is 20.7. The molecule has 3 fully saturated rings. The zero-order chi connectivity index (χ0) is 32.0. The van der Waals surface area contributed by atoms with Crippen LogP contribution in [0.3, 0.4) is 0 Å². The predicted molar refractivity (Wildman–Crippen MR) is 161 cm³/mol. The Hall–Kier alpha value is -1.17. The molecule has 1 atom stereocenters. The van der Waals surface area contributed by atoms with Gasteiger partial charge in [0.15, 0.2) is 14.9 Å². The summed E-state index contributed by atoms with van der Waals surface area (Å²) in [5.74, 6) is 0.528. The SMILES string of the molecule is CC(C)(C(=O)c1ccc(C2CCCCC2)c(C2CCCN(S(=O)(=O)C(F)(F)S(=O)(=O)[O-])C2)c1)[S+]1CCN(S(C)(=O)=O)CC1. The van der Waals surface area contributed by atoms with E-state index in [0.29, 0.717) is 46.4 Å². The number of alkyl halides is 2. The minimum absolute atomic E-state index is 0.135. The van der Waals surface area contributed by atoms with Crippen molar-refractivity contribution < 1.29 is 43.4 Å². The first kappa shape index (κ1) is 34.7. The highest BCUT2D eigenvalue weighted by atomic mass is 32.3. The number of ketones is 1. The van der Waals surface area contributed by atoms with Gasteiger partial charge < -0.3 is 4.55 Å². The Kier molecular flexibility index (Phi) is 10.1. The molecule has 1 aliphatic carbocycles. The smallest absolute Gasteiger partial charge is 0.447 e. The van der Waals surface area contributed by atoms with Crippen LogP contribution in [0.4, 0.5) is 8.78 Å². The Morgan fingerprint density at radius 1 is 0.860 bits per heavy atom. The molecule has 10 nitrogen and oxygen atoms in total. The van der Waals surface area contributed by atoms with E-state index in [4.69, 9.17) is 0 Å². The van der Waals surface area contributed by atoms with Gasteiger partial charge in [0.05, 0.1) is 19.3 Å². The Morgan fingerprint density at radius 2 is 1.44 bits per heavy atom. The van der Waals surface area contributed by atoms with E-state index in [1.165, 1.54) is 10.6 Å². The lowest BCUT2D eigenvalue weighted by Crippen LogP contribution is -2.52. The van der Waals surface area contributed by atoms with Gasteiger partial charge in [0.2, 0.25) is 15.8 Å². The second kappa shape index (κ2) is 12.6. The number of hydrogen-bond acceptors (Lipinski definition) is 8. The van der Waals surface area contributed by atoms with Gasteiger partial charge in [0.1, 0.15) is 11.5 Å². The molecule has 0 amide bonds. The molecule has 4 rings (SSSR count). The molecule has 0 bridgehead atoms. The van der Waals surface area contributed by atoms with Gasteiger partial charge in [-0.15, -0.1) is 0 Å². The highest BCUT2D eigenvalue weighted by molar-refractivity contribution is 8.06. The third-order valence-corrected chi connectivity index (χ3v) is 16.8. The van der Waals surface area contributed by atoms with E-state index in [9.17, 15) is 43.4 Å². The predicted octanol–water partition coefficient (Wildman–Crippen LogP) is 3.19. The number of nitrogens with zero attached hydrogens (tertiary/aromatic N) is 2. The molecule has 0 N–H and O–H groups in total. The second-order valence-corrected chi connectivity index (χ2v) is 20.7. The van der Waals surface area contributed by atoms with Crippen LogP contribution in [0.15, 0.2) is 18.2 Å². The maximum absolute atomic E-state index is 14.3. The van der Waals surface area contributed by atoms with Crippen LogP contribution in [0.1, 0.15) is 92.1 Å². The fourth-order valence-electron chi connectivity index (χ4n) is 6.51. The largest absolute Gasteiger partial charge is 0.742 e. The van der Waals surface area contributed by atoms with Gasteiger partial charge >= 0.3 is 4.59 Å². The van der Waals surface area contributed by atoms with Crippen LogP contribution in [0, 0.1) is 0 Å². The monoisotopic (exact) mass is 686 g/mol. The molecule has 2 saturated heterocycles. The van der Waals surface area contributed by atoms with Gasteiger partial charge in [0, 0.05) is 29.5 Å². The molecule has 1 aromatic rings. The van der Waals surface area contributed by atoms with Crippen LogP contribution < -0.4 is 0 Å². The van der Waals surface area contributed by atoms with Crippen LogP contribution in [0.2, 0.25) is 0 Å². The summed E-state index contributed by atoms with van der Waals surface area (Å²) in [7, 11) is -16.0. The maximum Gasteiger partial charge on any atom is 0.447 e. The molecule has 1 aromatic carbocycles. The second-order valence-electron chi connectivity index (χ2n) is 12.2. The molecule has 0 aromatic heterocycles. The summed E-state index contributed by atoms with van der Waals surface area (Å²) in [5.41, 5.74) is 2.03. The molecule has 2 heterocycles. The van der Waals surface area contributed by atoms with Gasteiger partial charge in [-0.1, -0.05) is 31.4 Å². The molecule has 1 unspecified atom stereocenters. The summed E-state index contributed by atoms with van der Waals surface area (Å²) in [4.78, 5) is 14.0. The van der Waals surface area contributed by atoms with Crippen molar-refractivity contribution in [2.75, 3.05) is 43.9 Å². The van der Waals surface area contributed by atoms with Gasteiger partial charge in [-0.2, -0.15) is 17.4 Å². The van der Waals surface area contributed by atoms with Crippen molar-refractivity contribution in [2.45, 2.75) is 80.0 Å². The van der Waals surface area contributed by atoms with Crippen molar-refractivity contribution in [3.05, 3.63) is 34.9 Å². The first-order valence-electron chi connectivity index (χ1n) is 14.4. The number of sulfonamides is 2. The summed E-state index contributed by atoms with van der Waals surface area (Å²) < 4.78 is 107. The average Bonchev–Trinajstić information content (AvgIpc) is 2.96. The number of carbonyl (C=O) groups excluding carboxylic acids is 1. The molecule has 43 heavy (non-hydrogen) atoms. The van der Waals surface area contributed by atoms with E-state index in [0.717, 1.165) is 37.7 Å². The van der Waals surface area contributed by atoms with E-state index in [-0.39, 0.29) is 24.7 Å². The van der Waals surface area contributed by atoms with Crippen molar-refractivity contribution in [3.63, 3.8) is 0 Å². The summed E-state index contributed by atoms with van der Waals surface area (Å²) in [6, 6.07) is 5.39. The van der Waals surface area contributed by atoms with Crippen LogP contribution in [-0.4, -0.2) is 97.5 Å². The summed E-state index contributed by atoms with van der Waals surface area (Å²) in [5, 5.41) is 0. The Morgan fingerprint density at radius 3 is 2.00 bits per heavy atom. The number of carbonyl (C=O) groups is 1. The molecule has 16 heteroatoms. The van der Waals surface area contributed by atoms with Crippen LogP contribution in [0.5, 0.6) is 0 Å². The zero-order valence-electron chi connectivity index (χ0n) is 24.6. The zero-order valence-corrected chi connectivity index (χ0v) is 27.9. The van der Waals surface area contributed by atoms with Crippen molar-refractivity contribution >= 4 is 46.8 Å². The highest BCUT2D eigenvalue weighted by Gasteiger charge is 2.56. The van der Waals surface area contributed by atoms with Gasteiger partial charge in [-0.25, -0.2) is 25.3 Å². The highest BCUT2D eigenvalue weighted by Crippen LogP contribution is 2.42. The Labute approximate surface area is 256 Å². The van der Waals surface area contributed by atoms with Gasteiger partial charge in [0.25, 0.3) is 10.0 Å². The lowest BCUT2D eigenvalue weighted by Gasteiger charge is -2.36. The molecule has 244 valence electrons. The Balaban J connectivity index is 1.67. The topological polar surface area (TPSA) is 149 Å². The third kappa shape index (κ3) is 6.99. The number of halogens is 2. The van der Waals surface area contributed by atoms with E-state index < -0.39 is 62.9 Å². The minimum atomic E-state index is -6.47. The van der Waals surface area contributed by atoms with Crippen LogP contribution >= 0.6 is 0 Å². The summed E-state index contributed by atoms with van der Waals surface area (Å²) in [6.45, 7) is 3.59. The molecular formula is C27H40F2N2O8S4. The van der Waals surface area contributed by atoms with E-state index >= 15 is 0 Å². The van der Waals surface area contributed by atoms with Gasteiger partial charge in [-0.3, -0.25) is 4.79 Å². The third-order valence-electron chi connectivity index (χ3n) is 9.06. The normalized spacial score (nSPS) is 23.3. The minimum Gasteiger partial charge on any atom is -0.742 e. The van der Waals surface area contributed by atoms with Crippen LogP contribution in [0.25, 0.3) is 0 Å². The average molecular weight is 687 g/mol. The van der Waals surface area contributed by atoms with E-state index in [2.05, 4.69) is 0 Å². The number of Topliss-reactive ketones (excluding diaryl/α,β-unsaturated/α-hetero) is 1. The van der Waals surface area contributed by atoms with Crippen molar-refractivity contribution in [3.8, 4) is 0 Å². The van der Waals surface area contributed by atoms with Crippen molar-refractivity contribution in [2.24, 2.45) is 0 Å².